The van der Waals surface area contributed by atoms with Crippen LogP contribution in [0, 0.1) is 0 Å². The second-order valence-electron chi connectivity index (χ2n) is 3.85. The number of hydrogen-bond acceptors (Lipinski definition) is 5. The Morgan fingerprint density at radius 3 is 2.33 bits per heavy atom. The van der Waals surface area contributed by atoms with Crippen molar-refractivity contribution in [3.05, 3.63) is 0 Å². The first-order valence-corrected chi connectivity index (χ1v) is 4.37. The molecule has 0 spiro atoms. The van der Waals surface area contributed by atoms with Crippen molar-refractivity contribution in [1.82, 2.24) is 0 Å². The molecule has 0 saturated heterocycles. The van der Waals surface area contributed by atoms with Gasteiger partial charge in [-0.05, 0) is 27.7 Å². The summed E-state index contributed by atoms with van der Waals surface area (Å²) in [7, 11) is 0. The van der Waals surface area contributed by atoms with E-state index in [1.807, 2.05) is 0 Å². The quantitative estimate of drug-likeness (QED) is 0.427. The van der Waals surface area contributed by atoms with Gasteiger partial charge in [-0.2, -0.15) is 0 Å². The van der Waals surface area contributed by atoms with E-state index in [0.29, 0.717) is 6.21 Å². The molecule has 6 heteroatoms. The van der Waals surface area contributed by atoms with Crippen molar-refractivity contribution < 1.29 is 24.3 Å². The third-order valence-corrected chi connectivity index (χ3v) is 1.12. The number of aliphatic carboxylic acids is 1. The zero-order valence-electron chi connectivity index (χ0n) is 9.18. The van der Waals surface area contributed by atoms with Gasteiger partial charge in [-0.25, -0.2) is 9.59 Å². The lowest BCUT2D eigenvalue weighted by molar-refractivity contribution is -0.167. The number of carboxylic acid groups (broad SMARTS) is 1. The van der Waals surface area contributed by atoms with Crippen LogP contribution < -0.4 is 0 Å². The average molecular weight is 217 g/mol. The molecule has 0 aromatic heterocycles. The first-order valence-electron chi connectivity index (χ1n) is 4.37. The molecule has 1 N–H and O–H groups in total. The maximum atomic E-state index is 11.3. The highest BCUT2D eigenvalue weighted by molar-refractivity contribution is 6.21. The molecule has 0 amide bonds. The molecule has 0 aliphatic carbocycles. The summed E-state index contributed by atoms with van der Waals surface area (Å²) in [6.45, 7) is 6.58. The molecule has 0 heterocycles. The van der Waals surface area contributed by atoms with Crippen LogP contribution in [0.5, 0.6) is 0 Å². The van der Waals surface area contributed by atoms with E-state index in [1.54, 1.807) is 20.8 Å². The summed E-state index contributed by atoms with van der Waals surface area (Å²) in [6.07, 6.45) is -0.374. The van der Waals surface area contributed by atoms with Gasteiger partial charge >= 0.3 is 11.9 Å². The summed E-state index contributed by atoms with van der Waals surface area (Å²) < 4.78 is 4.97. The molecule has 0 aliphatic rings. The summed E-state index contributed by atoms with van der Waals surface area (Å²) in [5, 5.41) is 11.3. The minimum Gasteiger partial charge on any atom is -0.477 e. The second kappa shape index (κ2) is 5.33. The van der Waals surface area contributed by atoms with Crippen molar-refractivity contribution in [3.8, 4) is 0 Å². The molecule has 0 rings (SSSR count). The van der Waals surface area contributed by atoms with Gasteiger partial charge in [-0.15, -0.1) is 0 Å². The highest BCUT2D eigenvalue weighted by Crippen LogP contribution is 2.09. The number of hydrogen-bond donors (Lipinski definition) is 1. The normalized spacial score (nSPS) is 13.6. The Labute approximate surface area is 87.9 Å². The van der Waals surface area contributed by atoms with Crippen LogP contribution in [0.25, 0.3) is 0 Å². The van der Waals surface area contributed by atoms with Gasteiger partial charge in [0.1, 0.15) is 5.60 Å². The molecule has 86 valence electrons. The van der Waals surface area contributed by atoms with Gasteiger partial charge in [-0.3, -0.25) is 0 Å². The molecule has 0 fully saturated rings. The largest absolute Gasteiger partial charge is 0.477 e. The minimum atomic E-state index is -1.24. The average Bonchev–Trinajstić information content (AvgIpc) is 1.99. The van der Waals surface area contributed by atoms with Crippen molar-refractivity contribution >= 4 is 18.2 Å². The van der Waals surface area contributed by atoms with E-state index in [2.05, 4.69) is 9.99 Å². The molecular weight excluding hydrogens is 202 g/mol. The van der Waals surface area contributed by atoms with Gasteiger partial charge in [0, 0.05) is 0 Å². The van der Waals surface area contributed by atoms with E-state index in [1.165, 1.54) is 6.92 Å². The Bertz CT molecular complexity index is 266. The van der Waals surface area contributed by atoms with Crippen LogP contribution in [0.15, 0.2) is 5.16 Å². The molecule has 0 aromatic carbocycles. The first kappa shape index (κ1) is 13.4. The van der Waals surface area contributed by atoms with Crippen LogP contribution in [-0.2, 0) is 19.2 Å². The second-order valence-corrected chi connectivity index (χ2v) is 3.85. The van der Waals surface area contributed by atoms with E-state index in [4.69, 9.17) is 9.84 Å². The maximum absolute atomic E-state index is 11.3. The molecule has 0 aliphatic heterocycles. The van der Waals surface area contributed by atoms with Gasteiger partial charge in [-0.1, -0.05) is 5.16 Å². The Kier molecular flexibility index (Phi) is 4.77. The highest BCUT2D eigenvalue weighted by atomic mass is 16.7. The summed E-state index contributed by atoms with van der Waals surface area (Å²) in [4.78, 5) is 25.9. The fourth-order valence-electron chi connectivity index (χ4n) is 0.595. The number of carbonyl (C=O) groups is 2. The van der Waals surface area contributed by atoms with E-state index in [-0.39, 0.29) is 0 Å². The van der Waals surface area contributed by atoms with E-state index < -0.39 is 23.6 Å². The fraction of sp³-hybridized carbons (Fsp3) is 0.667. The summed E-state index contributed by atoms with van der Waals surface area (Å²) in [6, 6.07) is 0. The lowest BCUT2D eigenvalue weighted by Crippen LogP contribution is -2.31. The number of oxime groups is 1. The number of esters is 1. The van der Waals surface area contributed by atoms with Crippen LogP contribution in [-0.4, -0.2) is 35.0 Å². The maximum Gasteiger partial charge on any atom is 0.350 e. The van der Waals surface area contributed by atoms with Crippen LogP contribution in [0.2, 0.25) is 0 Å². The Hall–Kier alpha value is -1.59. The molecule has 0 radical (unpaired) electrons. The van der Waals surface area contributed by atoms with Gasteiger partial charge in [0.15, 0.2) is 6.21 Å². The van der Waals surface area contributed by atoms with Gasteiger partial charge in [0.25, 0.3) is 0 Å². The number of ether oxygens (including phenoxy) is 1. The van der Waals surface area contributed by atoms with Crippen molar-refractivity contribution in [2.24, 2.45) is 5.16 Å². The van der Waals surface area contributed by atoms with Gasteiger partial charge < -0.3 is 14.7 Å². The van der Waals surface area contributed by atoms with E-state index in [9.17, 15) is 9.59 Å². The predicted octanol–water partition coefficient (Wildman–Crippen LogP) is 0.804. The lowest BCUT2D eigenvalue weighted by Gasteiger charge is -2.21. The number of nitrogens with zero attached hydrogens (tertiary/aromatic N) is 1. The molecule has 1 unspecified atom stereocenters. The third kappa shape index (κ3) is 7.48. The van der Waals surface area contributed by atoms with Crippen LogP contribution in [0.3, 0.4) is 0 Å². The lowest BCUT2D eigenvalue weighted by atomic mass is 10.2. The smallest absolute Gasteiger partial charge is 0.350 e. The fourth-order valence-corrected chi connectivity index (χ4v) is 0.595. The monoisotopic (exact) mass is 217 g/mol. The molecule has 0 aromatic rings. The Morgan fingerprint density at radius 1 is 1.40 bits per heavy atom. The number of carboxylic acids is 1. The third-order valence-electron chi connectivity index (χ3n) is 1.12. The van der Waals surface area contributed by atoms with Gasteiger partial charge in [0.05, 0.1) is 0 Å². The molecule has 1 atom stereocenters. The number of carbonyl (C=O) groups excluding carboxylic acids is 1. The predicted molar refractivity (Wildman–Crippen MR) is 52.5 cm³/mol. The van der Waals surface area contributed by atoms with Crippen molar-refractivity contribution in [2.75, 3.05) is 0 Å². The summed E-state index contributed by atoms with van der Waals surface area (Å²) in [5.74, 6) is -1.84. The zero-order valence-corrected chi connectivity index (χ0v) is 9.18. The Morgan fingerprint density at radius 2 is 1.93 bits per heavy atom. The molecule has 15 heavy (non-hydrogen) atoms. The topological polar surface area (TPSA) is 85.2 Å². The van der Waals surface area contributed by atoms with Crippen LogP contribution >= 0.6 is 0 Å². The molecule has 0 saturated carbocycles. The van der Waals surface area contributed by atoms with E-state index in [0.717, 1.165) is 0 Å². The van der Waals surface area contributed by atoms with Crippen molar-refractivity contribution in [2.45, 2.75) is 39.4 Å². The van der Waals surface area contributed by atoms with Crippen LogP contribution in [0.1, 0.15) is 27.7 Å². The minimum absolute atomic E-state index is 0.556. The molecule has 6 nitrogen and oxygen atoms in total. The SMILES string of the molecule is CC(ON=CC(=O)O)C(=O)OC(C)(C)C. The molecule has 0 bridgehead atoms. The Balaban J connectivity index is 4.06. The zero-order chi connectivity index (χ0) is 12.1. The first-order chi connectivity index (χ1) is 6.72. The summed E-state index contributed by atoms with van der Waals surface area (Å²) >= 11 is 0. The summed E-state index contributed by atoms with van der Waals surface area (Å²) in [5.41, 5.74) is -0.606. The highest BCUT2D eigenvalue weighted by Gasteiger charge is 2.22. The standard InChI is InChI=1S/C9H15NO5/c1-6(15-10-5-7(11)12)8(13)14-9(2,3)4/h5-6H,1-4H3,(H,11,12). The van der Waals surface area contributed by atoms with Crippen molar-refractivity contribution in [1.29, 1.82) is 0 Å². The van der Waals surface area contributed by atoms with Crippen molar-refractivity contribution in [3.63, 3.8) is 0 Å². The number of rotatable bonds is 4. The molecular formula is C9H15NO5. The van der Waals surface area contributed by atoms with Gasteiger partial charge in [0.2, 0.25) is 6.10 Å². The van der Waals surface area contributed by atoms with E-state index >= 15 is 0 Å². The van der Waals surface area contributed by atoms with Crippen LogP contribution in [0.4, 0.5) is 0 Å².